The zero-order valence-corrected chi connectivity index (χ0v) is 20.8. The van der Waals surface area contributed by atoms with E-state index in [0.29, 0.717) is 13.1 Å². The molecule has 4 aromatic carbocycles. The van der Waals surface area contributed by atoms with Crippen molar-refractivity contribution in [3.05, 3.63) is 83.9 Å². The number of amides is 1. The van der Waals surface area contributed by atoms with Gasteiger partial charge in [0.25, 0.3) is 0 Å². The van der Waals surface area contributed by atoms with Crippen LogP contribution in [0.1, 0.15) is 18.1 Å². The fourth-order valence-electron chi connectivity index (χ4n) is 4.04. The molecule has 1 amide bonds. The summed E-state index contributed by atoms with van der Waals surface area (Å²) < 4.78 is 10.7. The SMILES string of the molecule is COc1ccc2ccccc2c1CCN.COc1ccc2ccccc2c1CCNC(C)=O.Cl. The molecular formula is C28H33ClN2O3. The zero-order valence-electron chi connectivity index (χ0n) is 20.0. The molecule has 0 saturated heterocycles. The molecule has 6 heteroatoms. The molecule has 0 aliphatic rings. The third-order valence-electron chi connectivity index (χ3n) is 5.58. The molecule has 0 aliphatic heterocycles. The summed E-state index contributed by atoms with van der Waals surface area (Å²) in [6.45, 7) is 2.80. The average molecular weight is 481 g/mol. The van der Waals surface area contributed by atoms with Gasteiger partial charge in [0.05, 0.1) is 14.2 Å². The molecule has 4 rings (SSSR count). The number of halogens is 1. The number of benzene rings is 4. The highest BCUT2D eigenvalue weighted by atomic mass is 35.5. The molecule has 0 aromatic heterocycles. The van der Waals surface area contributed by atoms with E-state index < -0.39 is 0 Å². The molecule has 0 heterocycles. The number of ether oxygens (including phenoxy) is 2. The Morgan fingerprint density at radius 2 is 1.24 bits per heavy atom. The summed E-state index contributed by atoms with van der Waals surface area (Å²) in [6.07, 6.45) is 1.62. The van der Waals surface area contributed by atoms with Gasteiger partial charge in [-0.2, -0.15) is 0 Å². The van der Waals surface area contributed by atoms with Crippen molar-refractivity contribution in [2.75, 3.05) is 27.3 Å². The van der Waals surface area contributed by atoms with Gasteiger partial charge in [0.2, 0.25) is 5.91 Å². The Bertz CT molecular complexity index is 1230. The molecule has 0 spiro atoms. The van der Waals surface area contributed by atoms with Crippen molar-refractivity contribution >= 4 is 39.9 Å². The molecule has 0 fully saturated rings. The second-order valence-corrected chi connectivity index (χ2v) is 7.71. The monoisotopic (exact) mass is 480 g/mol. The first kappa shape index (κ1) is 27.0. The molecule has 0 atom stereocenters. The topological polar surface area (TPSA) is 73.6 Å². The number of carbonyl (C=O) groups excluding carboxylic acids is 1. The third-order valence-corrected chi connectivity index (χ3v) is 5.58. The lowest BCUT2D eigenvalue weighted by Gasteiger charge is -2.12. The van der Waals surface area contributed by atoms with Gasteiger partial charge >= 0.3 is 0 Å². The first-order valence-corrected chi connectivity index (χ1v) is 11.1. The molecule has 0 aliphatic carbocycles. The number of carbonyl (C=O) groups is 1. The van der Waals surface area contributed by atoms with Crippen molar-refractivity contribution in [3.63, 3.8) is 0 Å². The van der Waals surface area contributed by atoms with E-state index in [4.69, 9.17) is 15.2 Å². The molecule has 0 unspecified atom stereocenters. The van der Waals surface area contributed by atoms with Crippen LogP contribution in [0, 0.1) is 0 Å². The van der Waals surface area contributed by atoms with Gasteiger partial charge in [-0.25, -0.2) is 0 Å². The third kappa shape index (κ3) is 6.62. The minimum Gasteiger partial charge on any atom is -0.496 e. The molecule has 180 valence electrons. The number of nitrogens with one attached hydrogen (secondary N) is 1. The van der Waals surface area contributed by atoms with Gasteiger partial charge in [-0.1, -0.05) is 60.7 Å². The molecule has 0 bridgehead atoms. The van der Waals surface area contributed by atoms with Gasteiger partial charge in [-0.15, -0.1) is 12.4 Å². The van der Waals surface area contributed by atoms with E-state index in [1.54, 1.807) is 14.2 Å². The Kier molecular flexibility index (Phi) is 10.7. The van der Waals surface area contributed by atoms with Crippen LogP contribution in [0.2, 0.25) is 0 Å². The van der Waals surface area contributed by atoms with E-state index in [0.717, 1.165) is 29.9 Å². The molecule has 0 saturated carbocycles. The smallest absolute Gasteiger partial charge is 0.216 e. The van der Waals surface area contributed by atoms with Crippen LogP contribution in [0.4, 0.5) is 0 Å². The Hall–Kier alpha value is -3.28. The van der Waals surface area contributed by atoms with Gasteiger partial charge < -0.3 is 20.5 Å². The summed E-state index contributed by atoms with van der Waals surface area (Å²) >= 11 is 0. The van der Waals surface area contributed by atoms with E-state index in [1.807, 2.05) is 36.4 Å². The fourth-order valence-corrected chi connectivity index (χ4v) is 4.04. The standard InChI is InChI=1S/C15H17NO2.C13H15NO.ClH/c1-11(17)16-10-9-14-13-6-4-3-5-12(13)7-8-15(14)18-2;1-15-13-7-6-10-4-2-3-5-11(10)12(13)8-9-14;/h3-8H,9-10H2,1-2H3,(H,16,17);2-7H,8-9,14H2,1H3;1H. The molecule has 5 nitrogen and oxygen atoms in total. The summed E-state index contributed by atoms with van der Waals surface area (Å²) in [5.74, 6) is 1.80. The van der Waals surface area contributed by atoms with Crippen molar-refractivity contribution < 1.29 is 14.3 Å². The van der Waals surface area contributed by atoms with Crippen LogP contribution >= 0.6 is 12.4 Å². The Balaban J connectivity index is 0.000000237. The first-order valence-electron chi connectivity index (χ1n) is 11.1. The normalized spacial score (nSPS) is 10.1. The summed E-state index contributed by atoms with van der Waals surface area (Å²) in [6, 6.07) is 24.6. The van der Waals surface area contributed by atoms with E-state index in [1.165, 1.54) is 34.0 Å². The van der Waals surface area contributed by atoms with Crippen molar-refractivity contribution in [2.45, 2.75) is 19.8 Å². The number of rotatable bonds is 7. The van der Waals surface area contributed by atoms with Gasteiger partial charge in [0, 0.05) is 24.6 Å². The average Bonchev–Trinajstić information content (AvgIpc) is 2.84. The minimum absolute atomic E-state index is 0. The number of fused-ring (bicyclic) bond motifs is 2. The van der Waals surface area contributed by atoms with E-state index in [2.05, 4.69) is 41.7 Å². The van der Waals surface area contributed by atoms with Crippen LogP contribution < -0.4 is 20.5 Å². The maximum absolute atomic E-state index is 10.9. The second-order valence-electron chi connectivity index (χ2n) is 7.71. The summed E-state index contributed by atoms with van der Waals surface area (Å²) in [7, 11) is 3.37. The Morgan fingerprint density at radius 3 is 1.68 bits per heavy atom. The molecule has 4 aromatic rings. The van der Waals surface area contributed by atoms with Crippen molar-refractivity contribution in [2.24, 2.45) is 5.73 Å². The van der Waals surface area contributed by atoms with Crippen LogP contribution in [-0.2, 0) is 17.6 Å². The van der Waals surface area contributed by atoms with Gasteiger partial charge in [0.15, 0.2) is 0 Å². The number of nitrogens with two attached hydrogens (primary N) is 1. The van der Waals surface area contributed by atoms with Crippen LogP contribution in [0.5, 0.6) is 11.5 Å². The van der Waals surface area contributed by atoms with E-state index in [9.17, 15) is 4.79 Å². The van der Waals surface area contributed by atoms with Crippen molar-refractivity contribution in [1.82, 2.24) is 5.32 Å². The minimum atomic E-state index is -0.00537. The van der Waals surface area contributed by atoms with E-state index >= 15 is 0 Å². The van der Waals surface area contributed by atoms with Crippen LogP contribution in [-0.4, -0.2) is 33.2 Å². The molecular weight excluding hydrogens is 448 g/mol. The first-order chi connectivity index (χ1) is 16.1. The number of hydrogen-bond acceptors (Lipinski definition) is 4. The predicted octanol–water partition coefficient (Wildman–Crippen LogP) is 5.30. The van der Waals surface area contributed by atoms with Gasteiger partial charge in [-0.3, -0.25) is 4.79 Å². The highest BCUT2D eigenvalue weighted by Gasteiger charge is 2.08. The zero-order chi connectivity index (χ0) is 23.6. The van der Waals surface area contributed by atoms with E-state index in [-0.39, 0.29) is 18.3 Å². The van der Waals surface area contributed by atoms with Crippen LogP contribution in [0.3, 0.4) is 0 Å². The van der Waals surface area contributed by atoms with Gasteiger partial charge in [0.1, 0.15) is 11.5 Å². The van der Waals surface area contributed by atoms with Crippen LogP contribution in [0.15, 0.2) is 72.8 Å². The highest BCUT2D eigenvalue weighted by molar-refractivity contribution is 5.88. The molecule has 0 radical (unpaired) electrons. The summed E-state index contributed by atoms with van der Waals surface area (Å²) in [5, 5.41) is 7.66. The number of methoxy groups -OCH3 is 2. The maximum Gasteiger partial charge on any atom is 0.216 e. The van der Waals surface area contributed by atoms with Crippen molar-refractivity contribution in [1.29, 1.82) is 0 Å². The predicted molar refractivity (Wildman–Crippen MR) is 143 cm³/mol. The summed E-state index contributed by atoms with van der Waals surface area (Å²) in [4.78, 5) is 10.9. The number of hydrogen-bond donors (Lipinski definition) is 2. The summed E-state index contributed by atoms with van der Waals surface area (Å²) in [5.41, 5.74) is 7.97. The Labute approximate surface area is 207 Å². The Morgan fingerprint density at radius 1 is 0.765 bits per heavy atom. The quantitative estimate of drug-likeness (QED) is 0.376. The largest absolute Gasteiger partial charge is 0.496 e. The fraction of sp³-hybridized carbons (Fsp3) is 0.250. The highest BCUT2D eigenvalue weighted by Crippen LogP contribution is 2.29. The molecule has 3 N–H and O–H groups in total. The van der Waals surface area contributed by atoms with Crippen LogP contribution in [0.25, 0.3) is 21.5 Å². The lowest BCUT2D eigenvalue weighted by molar-refractivity contribution is -0.118. The molecule has 34 heavy (non-hydrogen) atoms. The van der Waals surface area contributed by atoms with Crippen molar-refractivity contribution in [3.8, 4) is 11.5 Å². The lowest BCUT2D eigenvalue weighted by Crippen LogP contribution is -2.22. The lowest BCUT2D eigenvalue weighted by atomic mass is 10.0. The maximum atomic E-state index is 10.9. The van der Waals surface area contributed by atoms with Gasteiger partial charge in [-0.05, 0) is 53.1 Å². The second kappa shape index (κ2) is 13.4.